The molecule has 0 fully saturated rings. The second-order valence-electron chi connectivity index (χ2n) is 4.61. The highest BCUT2D eigenvalue weighted by Crippen LogP contribution is 2.35. The zero-order chi connectivity index (χ0) is 12.5. The van der Waals surface area contributed by atoms with Gasteiger partial charge in [-0.1, -0.05) is 13.8 Å². The zero-order valence-corrected chi connectivity index (χ0v) is 12.1. The number of rotatable bonds is 4. The predicted octanol–water partition coefficient (Wildman–Crippen LogP) is 2.72. The Labute approximate surface area is 108 Å². The molecule has 0 aliphatic heterocycles. The molecule has 0 spiro atoms. The minimum Gasteiger partial charge on any atom is -0.369 e. The van der Waals surface area contributed by atoms with Crippen molar-refractivity contribution in [2.75, 3.05) is 0 Å². The zero-order valence-electron chi connectivity index (χ0n) is 9.71. The lowest BCUT2D eigenvalue weighted by molar-refractivity contribution is -0.126. The monoisotopic (exact) mass is 304 g/mol. The van der Waals surface area contributed by atoms with Gasteiger partial charge in [-0.15, -0.1) is 11.3 Å². The van der Waals surface area contributed by atoms with Gasteiger partial charge in [0.05, 0.1) is 0 Å². The molecule has 3 nitrogen and oxygen atoms in total. The van der Waals surface area contributed by atoms with Crippen LogP contribution in [0.3, 0.4) is 0 Å². The molecule has 1 rings (SSSR count). The van der Waals surface area contributed by atoms with Crippen molar-refractivity contribution < 1.29 is 4.79 Å². The van der Waals surface area contributed by atoms with Gasteiger partial charge in [-0.25, -0.2) is 0 Å². The second-order valence-corrected chi connectivity index (χ2v) is 6.75. The van der Waals surface area contributed by atoms with Crippen molar-refractivity contribution in [3.05, 3.63) is 20.3 Å². The Kier molecular flexibility index (Phi) is 4.15. The average Bonchev–Trinajstić information content (AvgIpc) is 2.46. The van der Waals surface area contributed by atoms with Crippen LogP contribution in [-0.2, 0) is 4.79 Å². The highest BCUT2D eigenvalue weighted by molar-refractivity contribution is 9.10. The van der Waals surface area contributed by atoms with Gasteiger partial charge >= 0.3 is 0 Å². The smallest absolute Gasteiger partial charge is 0.223 e. The van der Waals surface area contributed by atoms with Crippen molar-refractivity contribution in [1.82, 2.24) is 0 Å². The van der Waals surface area contributed by atoms with E-state index in [1.807, 2.05) is 26.8 Å². The molecule has 90 valence electrons. The Hall–Kier alpha value is -0.390. The molecule has 5 heteroatoms. The largest absolute Gasteiger partial charge is 0.369 e. The molecule has 16 heavy (non-hydrogen) atoms. The van der Waals surface area contributed by atoms with Gasteiger partial charge in [0, 0.05) is 25.7 Å². The minimum atomic E-state index is -0.566. The van der Waals surface area contributed by atoms with Gasteiger partial charge in [-0.05, 0) is 35.3 Å². The van der Waals surface area contributed by atoms with Crippen molar-refractivity contribution in [3.63, 3.8) is 0 Å². The van der Waals surface area contributed by atoms with Gasteiger partial charge < -0.3 is 11.5 Å². The lowest BCUT2D eigenvalue weighted by Crippen LogP contribution is -2.34. The summed E-state index contributed by atoms with van der Waals surface area (Å²) in [6.45, 7) is 5.68. The molecule has 1 unspecified atom stereocenters. The molecular weight excluding hydrogens is 288 g/mol. The standard InChI is InChI=1S/C11H17BrN2OS/c1-6-7(12)4-9(16-6)8(13)5-11(2,3)10(14)15/h4,8H,5,13H2,1-3H3,(H2,14,15). The van der Waals surface area contributed by atoms with Gasteiger partial charge in [0.15, 0.2) is 0 Å². The SMILES string of the molecule is Cc1sc(C(N)CC(C)(C)C(N)=O)cc1Br. The third kappa shape index (κ3) is 3.06. The highest BCUT2D eigenvalue weighted by atomic mass is 79.9. The van der Waals surface area contributed by atoms with Gasteiger partial charge in [0.25, 0.3) is 0 Å². The van der Waals surface area contributed by atoms with Crippen molar-refractivity contribution in [3.8, 4) is 0 Å². The van der Waals surface area contributed by atoms with Gasteiger partial charge in [0.2, 0.25) is 5.91 Å². The van der Waals surface area contributed by atoms with Crippen LogP contribution in [0.2, 0.25) is 0 Å². The third-order valence-corrected chi connectivity index (χ3v) is 4.91. The molecule has 0 saturated heterocycles. The molecule has 1 aromatic rings. The average molecular weight is 305 g/mol. The first-order chi connectivity index (χ1) is 7.24. The van der Waals surface area contributed by atoms with Crippen LogP contribution in [-0.4, -0.2) is 5.91 Å². The van der Waals surface area contributed by atoms with Crippen LogP contribution in [0.4, 0.5) is 0 Å². The summed E-state index contributed by atoms with van der Waals surface area (Å²) in [5.74, 6) is -0.310. The van der Waals surface area contributed by atoms with E-state index in [2.05, 4.69) is 15.9 Å². The van der Waals surface area contributed by atoms with Crippen LogP contribution in [0.15, 0.2) is 10.5 Å². The van der Waals surface area contributed by atoms with Crippen LogP contribution < -0.4 is 11.5 Å². The molecule has 1 aromatic heterocycles. The fraction of sp³-hybridized carbons (Fsp3) is 0.545. The van der Waals surface area contributed by atoms with E-state index in [0.29, 0.717) is 6.42 Å². The van der Waals surface area contributed by atoms with Crippen molar-refractivity contribution in [2.24, 2.45) is 16.9 Å². The van der Waals surface area contributed by atoms with E-state index in [4.69, 9.17) is 11.5 Å². The Bertz CT molecular complexity index is 381. The topological polar surface area (TPSA) is 69.1 Å². The Morgan fingerprint density at radius 1 is 1.62 bits per heavy atom. The van der Waals surface area contributed by atoms with Crippen LogP contribution in [0.1, 0.15) is 36.1 Å². The van der Waals surface area contributed by atoms with E-state index >= 15 is 0 Å². The van der Waals surface area contributed by atoms with Crippen molar-refractivity contribution in [2.45, 2.75) is 33.2 Å². The molecule has 0 aromatic carbocycles. The van der Waals surface area contributed by atoms with Gasteiger partial charge in [-0.3, -0.25) is 4.79 Å². The minimum absolute atomic E-state index is 0.141. The summed E-state index contributed by atoms with van der Waals surface area (Å²) in [4.78, 5) is 13.5. The predicted molar refractivity (Wildman–Crippen MR) is 71.3 cm³/mol. The summed E-state index contributed by atoms with van der Waals surface area (Å²) >= 11 is 5.11. The van der Waals surface area contributed by atoms with Crippen LogP contribution in [0, 0.1) is 12.3 Å². The van der Waals surface area contributed by atoms with Crippen LogP contribution in [0.25, 0.3) is 0 Å². The molecule has 4 N–H and O–H groups in total. The Morgan fingerprint density at radius 3 is 2.56 bits per heavy atom. The molecule has 1 heterocycles. The summed E-state index contributed by atoms with van der Waals surface area (Å²) in [5, 5.41) is 0. The highest BCUT2D eigenvalue weighted by Gasteiger charge is 2.28. The molecule has 0 radical (unpaired) electrons. The number of aryl methyl sites for hydroxylation is 1. The molecule has 1 atom stereocenters. The molecule has 0 aliphatic carbocycles. The summed E-state index contributed by atoms with van der Waals surface area (Å²) < 4.78 is 1.07. The molecule has 0 bridgehead atoms. The number of halogens is 1. The number of carbonyl (C=O) groups is 1. The van der Waals surface area contributed by atoms with E-state index in [0.717, 1.165) is 9.35 Å². The quantitative estimate of drug-likeness (QED) is 0.898. The summed E-state index contributed by atoms with van der Waals surface area (Å²) in [6, 6.07) is 1.87. The fourth-order valence-electron chi connectivity index (χ4n) is 1.42. The number of hydrogen-bond acceptors (Lipinski definition) is 3. The van der Waals surface area contributed by atoms with E-state index in [1.165, 1.54) is 4.88 Å². The summed E-state index contributed by atoms with van der Waals surface area (Å²) in [6.07, 6.45) is 0.564. The summed E-state index contributed by atoms with van der Waals surface area (Å²) in [7, 11) is 0. The maximum Gasteiger partial charge on any atom is 0.223 e. The Morgan fingerprint density at radius 2 is 2.19 bits per heavy atom. The normalized spacial score (nSPS) is 13.8. The van der Waals surface area contributed by atoms with Gasteiger partial charge in [0.1, 0.15) is 0 Å². The van der Waals surface area contributed by atoms with E-state index in [1.54, 1.807) is 11.3 Å². The lowest BCUT2D eigenvalue weighted by Gasteiger charge is -2.23. The number of carbonyl (C=O) groups excluding carboxylic acids is 1. The van der Waals surface area contributed by atoms with Crippen LogP contribution >= 0.6 is 27.3 Å². The van der Waals surface area contributed by atoms with Crippen LogP contribution in [0.5, 0.6) is 0 Å². The first kappa shape index (κ1) is 13.7. The van der Waals surface area contributed by atoms with Crippen molar-refractivity contribution in [1.29, 1.82) is 0 Å². The Balaban J connectivity index is 2.80. The first-order valence-corrected chi connectivity index (χ1v) is 6.66. The van der Waals surface area contributed by atoms with Crippen molar-refractivity contribution >= 4 is 33.2 Å². The first-order valence-electron chi connectivity index (χ1n) is 5.05. The maximum atomic E-state index is 11.2. The van der Waals surface area contributed by atoms with Gasteiger partial charge in [-0.2, -0.15) is 0 Å². The fourth-order valence-corrected chi connectivity index (χ4v) is 2.98. The molecule has 0 aliphatic rings. The maximum absolute atomic E-state index is 11.2. The van der Waals surface area contributed by atoms with E-state index < -0.39 is 5.41 Å². The molecule has 1 amide bonds. The number of thiophene rings is 1. The number of amides is 1. The second kappa shape index (κ2) is 4.85. The van der Waals surface area contributed by atoms with E-state index in [9.17, 15) is 4.79 Å². The number of nitrogens with two attached hydrogens (primary N) is 2. The van der Waals surface area contributed by atoms with E-state index in [-0.39, 0.29) is 11.9 Å². The molecular formula is C11H17BrN2OS. The molecule has 0 saturated carbocycles. The lowest BCUT2D eigenvalue weighted by atomic mass is 9.85. The summed E-state index contributed by atoms with van der Waals surface area (Å²) in [5.41, 5.74) is 10.8. The number of hydrogen-bond donors (Lipinski definition) is 2. The third-order valence-electron chi connectivity index (χ3n) is 2.64. The number of primary amides is 1.